The lowest BCUT2D eigenvalue weighted by molar-refractivity contribution is -0.117. The first-order valence-electron chi connectivity index (χ1n) is 7.95. The lowest BCUT2D eigenvalue weighted by Crippen LogP contribution is -2.29. The number of benzene rings is 2. The van der Waals surface area contributed by atoms with Crippen LogP contribution in [0.25, 0.3) is 0 Å². The Morgan fingerprint density at radius 2 is 1.88 bits per heavy atom. The molecule has 0 bridgehead atoms. The number of hydrogen-bond acceptors (Lipinski definition) is 4. The molecule has 0 saturated carbocycles. The average molecular weight is 328 g/mol. The molecule has 0 radical (unpaired) electrons. The predicted molar refractivity (Wildman–Crippen MR) is 95.6 cm³/mol. The van der Waals surface area contributed by atoms with Crippen LogP contribution < -0.4 is 14.8 Å². The van der Waals surface area contributed by atoms with Crippen molar-refractivity contribution in [3.8, 4) is 11.5 Å². The van der Waals surface area contributed by atoms with E-state index < -0.39 is 0 Å². The SMILES string of the molecule is CCOc1ccc(CN(C)CC(=O)Nc2ccccc2)cc1OC. The molecule has 0 atom stereocenters. The first kappa shape index (κ1) is 17.8. The van der Waals surface area contributed by atoms with Crippen molar-refractivity contribution in [1.29, 1.82) is 0 Å². The van der Waals surface area contributed by atoms with Gasteiger partial charge in [-0.3, -0.25) is 9.69 Å². The number of anilines is 1. The van der Waals surface area contributed by atoms with Crippen LogP contribution in [0.4, 0.5) is 5.69 Å². The highest BCUT2D eigenvalue weighted by Gasteiger charge is 2.10. The van der Waals surface area contributed by atoms with Crippen molar-refractivity contribution in [2.24, 2.45) is 0 Å². The van der Waals surface area contributed by atoms with Crippen LogP contribution in [-0.2, 0) is 11.3 Å². The van der Waals surface area contributed by atoms with E-state index in [2.05, 4.69) is 5.32 Å². The first-order valence-corrected chi connectivity index (χ1v) is 7.95. The Morgan fingerprint density at radius 1 is 1.12 bits per heavy atom. The maximum atomic E-state index is 12.1. The number of carbonyl (C=O) groups excluding carboxylic acids is 1. The molecule has 0 unspecified atom stereocenters. The van der Waals surface area contributed by atoms with Gasteiger partial charge in [0.15, 0.2) is 11.5 Å². The monoisotopic (exact) mass is 328 g/mol. The molecule has 0 aliphatic carbocycles. The largest absolute Gasteiger partial charge is 0.493 e. The van der Waals surface area contributed by atoms with Crippen molar-refractivity contribution < 1.29 is 14.3 Å². The van der Waals surface area contributed by atoms with E-state index in [0.29, 0.717) is 25.4 Å². The van der Waals surface area contributed by atoms with E-state index in [1.807, 2.05) is 67.4 Å². The lowest BCUT2D eigenvalue weighted by Gasteiger charge is -2.17. The van der Waals surface area contributed by atoms with Crippen molar-refractivity contribution in [3.05, 3.63) is 54.1 Å². The van der Waals surface area contributed by atoms with E-state index >= 15 is 0 Å². The van der Waals surface area contributed by atoms with Crippen molar-refractivity contribution >= 4 is 11.6 Å². The zero-order valence-electron chi connectivity index (χ0n) is 14.4. The average Bonchev–Trinajstić information content (AvgIpc) is 2.57. The van der Waals surface area contributed by atoms with Gasteiger partial charge in [-0.15, -0.1) is 0 Å². The van der Waals surface area contributed by atoms with Gasteiger partial charge in [0.1, 0.15) is 0 Å². The minimum Gasteiger partial charge on any atom is -0.493 e. The van der Waals surface area contributed by atoms with Crippen molar-refractivity contribution in [2.45, 2.75) is 13.5 Å². The summed E-state index contributed by atoms with van der Waals surface area (Å²) in [6.45, 7) is 3.48. The number of likely N-dealkylation sites (N-methyl/N-ethyl adjacent to an activating group) is 1. The topological polar surface area (TPSA) is 50.8 Å². The Balaban J connectivity index is 1.91. The van der Waals surface area contributed by atoms with E-state index in [4.69, 9.17) is 9.47 Å². The normalized spacial score (nSPS) is 10.5. The maximum absolute atomic E-state index is 12.1. The first-order chi connectivity index (χ1) is 11.6. The van der Waals surface area contributed by atoms with E-state index in [-0.39, 0.29) is 5.91 Å². The van der Waals surface area contributed by atoms with Gasteiger partial charge in [-0.25, -0.2) is 0 Å². The smallest absolute Gasteiger partial charge is 0.238 e. The summed E-state index contributed by atoms with van der Waals surface area (Å²) in [6.07, 6.45) is 0. The summed E-state index contributed by atoms with van der Waals surface area (Å²) in [6, 6.07) is 15.3. The van der Waals surface area contributed by atoms with Gasteiger partial charge in [0.05, 0.1) is 20.3 Å². The minimum absolute atomic E-state index is 0.0402. The Kier molecular flexibility index (Phi) is 6.63. The van der Waals surface area contributed by atoms with Gasteiger partial charge >= 0.3 is 0 Å². The molecule has 0 saturated heterocycles. The second-order valence-electron chi connectivity index (χ2n) is 5.50. The zero-order chi connectivity index (χ0) is 17.4. The standard InChI is InChI=1S/C19H24N2O3/c1-4-24-17-11-10-15(12-18(17)23-3)13-21(2)14-19(22)20-16-8-6-5-7-9-16/h5-12H,4,13-14H2,1-3H3,(H,20,22). The van der Waals surface area contributed by atoms with Gasteiger partial charge in [-0.2, -0.15) is 0 Å². The Hall–Kier alpha value is -2.53. The molecular weight excluding hydrogens is 304 g/mol. The molecule has 128 valence electrons. The third-order valence-electron chi connectivity index (χ3n) is 3.45. The van der Waals surface area contributed by atoms with Crippen LogP contribution in [0.15, 0.2) is 48.5 Å². The fraction of sp³-hybridized carbons (Fsp3) is 0.316. The van der Waals surface area contributed by atoms with Crippen LogP contribution in [0.2, 0.25) is 0 Å². The van der Waals surface area contributed by atoms with E-state index in [1.165, 1.54) is 0 Å². The van der Waals surface area contributed by atoms with Crippen LogP contribution in [0, 0.1) is 0 Å². The number of ether oxygens (including phenoxy) is 2. The number of para-hydroxylation sites is 1. The molecule has 0 aliphatic heterocycles. The van der Waals surface area contributed by atoms with Crippen LogP contribution in [0.5, 0.6) is 11.5 Å². The molecule has 2 rings (SSSR count). The number of nitrogens with one attached hydrogen (secondary N) is 1. The Bertz CT molecular complexity index is 659. The summed E-state index contributed by atoms with van der Waals surface area (Å²) in [4.78, 5) is 14.0. The molecular formula is C19H24N2O3. The number of methoxy groups -OCH3 is 1. The third-order valence-corrected chi connectivity index (χ3v) is 3.45. The fourth-order valence-electron chi connectivity index (χ4n) is 2.42. The highest BCUT2D eigenvalue weighted by molar-refractivity contribution is 5.92. The lowest BCUT2D eigenvalue weighted by atomic mass is 10.2. The molecule has 0 spiro atoms. The van der Waals surface area contributed by atoms with Crippen molar-refractivity contribution in [2.75, 3.05) is 32.6 Å². The highest BCUT2D eigenvalue weighted by atomic mass is 16.5. The number of carbonyl (C=O) groups is 1. The van der Waals surface area contributed by atoms with Gasteiger partial charge in [0.2, 0.25) is 5.91 Å². The minimum atomic E-state index is -0.0402. The molecule has 24 heavy (non-hydrogen) atoms. The number of nitrogens with zero attached hydrogens (tertiary/aromatic N) is 1. The van der Waals surface area contributed by atoms with E-state index in [9.17, 15) is 4.79 Å². The quantitative estimate of drug-likeness (QED) is 0.809. The summed E-state index contributed by atoms with van der Waals surface area (Å²) in [5.41, 5.74) is 1.86. The van der Waals surface area contributed by atoms with Gasteiger partial charge in [0, 0.05) is 12.2 Å². The predicted octanol–water partition coefficient (Wildman–Crippen LogP) is 3.16. The summed E-state index contributed by atoms with van der Waals surface area (Å²) in [5, 5.41) is 2.88. The molecule has 2 aromatic rings. The van der Waals surface area contributed by atoms with Gasteiger partial charge < -0.3 is 14.8 Å². The molecule has 5 nitrogen and oxygen atoms in total. The number of amides is 1. The molecule has 0 aliphatic rings. The molecule has 2 aromatic carbocycles. The Morgan fingerprint density at radius 3 is 2.54 bits per heavy atom. The van der Waals surface area contributed by atoms with Gasteiger partial charge in [-0.1, -0.05) is 24.3 Å². The Labute approximate surface area is 143 Å². The zero-order valence-corrected chi connectivity index (χ0v) is 14.4. The van der Waals surface area contributed by atoms with Gasteiger partial charge in [0.25, 0.3) is 0 Å². The van der Waals surface area contributed by atoms with E-state index in [1.54, 1.807) is 7.11 Å². The molecule has 1 amide bonds. The molecule has 0 aromatic heterocycles. The van der Waals surface area contributed by atoms with Crippen molar-refractivity contribution in [1.82, 2.24) is 4.90 Å². The van der Waals surface area contributed by atoms with Crippen LogP contribution >= 0.6 is 0 Å². The maximum Gasteiger partial charge on any atom is 0.238 e. The number of hydrogen-bond donors (Lipinski definition) is 1. The summed E-state index contributed by atoms with van der Waals surface area (Å²) in [5.74, 6) is 1.39. The van der Waals surface area contributed by atoms with Gasteiger partial charge in [-0.05, 0) is 43.8 Å². The second-order valence-corrected chi connectivity index (χ2v) is 5.50. The van der Waals surface area contributed by atoms with Crippen molar-refractivity contribution in [3.63, 3.8) is 0 Å². The van der Waals surface area contributed by atoms with Crippen LogP contribution in [0.1, 0.15) is 12.5 Å². The molecule has 0 fully saturated rings. The van der Waals surface area contributed by atoms with Crippen LogP contribution in [0.3, 0.4) is 0 Å². The highest BCUT2D eigenvalue weighted by Crippen LogP contribution is 2.28. The summed E-state index contributed by atoms with van der Waals surface area (Å²) < 4.78 is 10.9. The molecule has 0 heterocycles. The summed E-state index contributed by atoms with van der Waals surface area (Å²) in [7, 11) is 3.53. The fourth-order valence-corrected chi connectivity index (χ4v) is 2.42. The van der Waals surface area contributed by atoms with E-state index in [0.717, 1.165) is 17.0 Å². The number of rotatable bonds is 8. The summed E-state index contributed by atoms with van der Waals surface area (Å²) >= 11 is 0. The molecule has 1 N–H and O–H groups in total. The molecule has 5 heteroatoms. The second kappa shape index (κ2) is 8.93. The third kappa shape index (κ3) is 5.28. The van der Waals surface area contributed by atoms with Crippen LogP contribution in [-0.4, -0.2) is 38.1 Å².